The Morgan fingerprint density at radius 3 is 2.78 bits per heavy atom. The molecule has 0 saturated heterocycles. The minimum absolute atomic E-state index is 0.780. The predicted molar refractivity (Wildman–Crippen MR) is 33.2 cm³/mol. The Morgan fingerprint density at radius 1 is 1.89 bits per heavy atom. The minimum Gasteiger partial charge on any atom is -0.230 e. The van der Waals surface area contributed by atoms with Gasteiger partial charge in [0.2, 0.25) is 0 Å². The van der Waals surface area contributed by atoms with Crippen LogP contribution in [0, 0.1) is 11.3 Å². The number of nitrogens with zero attached hydrogens (tertiary/aromatic N) is 2. The van der Waals surface area contributed by atoms with Gasteiger partial charge in [-0.05, 0) is 0 Å². The fraction of sp³-hybridized carbons (Fsp3) is 0.500. The van der Waals surface area contributed by atoms with Crippen LogP contribution in [0.3, 0.4) is 0 Å². The molecule has 1 aliphatic heterocycles. The van der Waals surface area contributed by atoms with E-state index >= 15 is 0 Å². The number of nitrogens with one attached hydrogen (secondary N) is 1. The van der Waals surface area contributed by atoms with Gasteiger partial charge >= 0.3 is 0 Å². The van der Waals surface area contributed by atoms with Gasteiger partial charge in [-0.1, -0.05) is 0 Å². The van der Waals surface area contributed by atoms with Gasteiger partial charge in [0.05, 0.1) is 13.6 Å². The lowest BCUT2D eigenvalue weighted by molar-refractivity contribution is -0.941. The standard InChI is InChI=1S/C6H9N3/c1-8-4-6(3-7)5-9(8)2/h4H,5H2,1-2H3/p+1. The first-order valence-electron chi connectivity index (χ1n) is 2.89. The van der Waals surface area contributed by atoms with Gasteiger partial charge in [0.25, 0.3) is 0 Å². The minimum atomic E-state index is 0.780. The highest BCUT2D eigenvalue weighted by atomic mass is 15.6. The zero-order chi connectivity index (χ0) is 6.85. The van der Waals surface area contributed by atoms with Gasteiger partial charge in [-0.2, -0.15) is 10.3 Å². The first-order chi connectivity index (χ1) is 4.24. The summed E-state index contributed by atoms with van der Waals surface area (Å²) in [6.45, 7) is 0.780. The third kappa shape index (κ3) is 1.10. The zero-order valence-corrected chi connectivity index (χ0v) is 5.68. The highest BCUT2D eigenvalue weighted by Gasteiger charge is 2.18. The van der Waals surface area contributed by atoms with E-state index in [0.717, 1.165) is 12.1 Å². The smallest absolute Gasteiger partial charge is 0.129 e. The summed E-state index contributed by atoms with van der Waals surface area (Å²) < 4.78 is 0. The van der Waals surface area contributed by atoms with Crippen LogP contribution in [0.15, 0.2) is 11.8 Å². The van der Waals surface area contributed by atoms with Crippen molar-refractivity contribution in [1.82, 2.24) is 5.01 Å². The molecule has 3 heteroatoms. The molecule has 0 radical (unpaired) electrons. The molecule has 0 fully saturated rings. The van der Waals surface area contributed by atoms with Crippen molar-refractivity contribution in [3.8, 4) is 6.07 Å². The van der Waals surface area contributed by atoms with Crippen molar-refractivity contribution in [2.75, 3.05) is 20.6 Å². The maximum Gasteiger partial charge on any atom is 0.129 e. The van der Waals surface area contributed by atoms with Crippen LogP contribution in [0.25, 0.3) is 0 Å². The summed E-state index contributed by atoms with van der Waals surface area (Å²) in [6.07, 6.45) is 1.92. The molecule has 0 spiro atoms. The number of quaternary nitrogens is 1. The molecule has 48 valence electrons. The Balaban J connectivity index is 2.65. The van der Waals surface area contributed by atoms with Gasteiger partial charge in [-0.25, -0.2) is 5.01 Å². The molecule has 3 nitrogen and oxygen atoms in total. The number of likely N-dealkylation sites (N-methyl/N-ethyl adjacent to an activating group) is 1. The third-order valence-electron chi connectivity index (χ3n) is 1.54. The van der Waals surface area contributed by atoms with E-state index in [-0.39, 0.29) is 0 Å². The Morgan fingerprint density at radius 2 is 2.56 bits per heavy atom. The largest absolute Gasteiger partial charge is 0.230 e. The summed E-state index contributed by atoms with van der Waals surface area (Å²) in [7, 11) is 3.99. The Bertz CT molecular complexity index is 177. The van der Waals surface area contributed by atoms with E-state index < -0.39 is 0 Å². The molecule has 1 N–H and O–H groups in total. The van der Waals surface area contributed by atoms with E-state index in [0.29, 0.717) is 0 Å². The summed E-state index contributed by atoms with van der Waals surface area (Å²) in [5.74, 6) is 0. The fourth-order valence-electron chi connectivity index (χ4n) is 0.856. The lowest BCUT2D eigenvalue weighted by atomic mass is 10.3. The molecule has 1 rings (SSSR count). The van der Waals surface area contributed by atoms with Gasteiger partial charge in [-0.15, -0.1) is 0 Å². The summed E-state index contributed by atoms with van der Waals surface area (Å²) in [5, 5.41) is 11.7. The van der Waals surface area contributed by atoms with Crippen molar-refractivity contribution < 1.29 is 5.01 Å². The van der Waals surface area contributed by atoms with E-state index in [2.05, 4.69) is 11.1 Å². The molecule has 9 heavy (non-hydrogen) atoms. The SMILES string of the molecule is CN1CC(C#N)=C[NH+]1C. The molecule has 0 aromatic carbocycles. The van der Waals surface area contributed by atoms with Crippen LogP contribution in [0.2, 0.25) is 0 Å². The lowest BCUT2D eigenvalue weighted by Gasteiger charge is -2.11. The maximum atomic E-state index is 8.44. The van der Waals surface area contributed by atoms with Crippen molar-refractivity contribution in [3.63, 3.8) is 0 Å². The van der Waals surface area contributed by atoms with Crippen molar-refractivity contribution in [1.29, 1.82) is 5.26 Å². The first-order valence-corrected chi connectivity index (χ1v) is 2.89. The highest BCUT2D eigenvalue weighted by molar-refractivity contribution is 5.20. The quantitative estimate of drug-likeness (QED) is 0.438. The number of hydrogen-bond donors (Lipinski definition) is 1. The normalized spacial score (nSPS) is 27.7. The molecule has 1 heterocycles. The van der Waals surface area contributed by atoms with Crippen molar-refractivity contribution in [2.24, 2.45) is 0 Å². The van der Waals surface area contributed by atoms with Crippen molar-refractivity contribution in [2.45, 2.75) is 0 Å². The summed E-state index contributed by atoms with van der Waals surface area (Å²) in [4.78, 5) is 0. The third-order valence-corrected chi connectivity index (χ3v) is 1.54. The molecule has 1 aliphatic rings. The molecule has 1 unspecified atom stereocenters. The topological polar surface area (TPSA) is 31.5 Å². The van der Waals surface area contributed by atoms with Gasteiger partial charge in [-0.3, -0.25) is 0 Å². The van der Waals surface area contributed by atoms with Crippen LogP contribution in [-0.4, -0.2) is 25.6 Å². The maximum absolute atomic E-state index is 8.44. The molecular weight excluding hydrogens is 114 g/mol. The van der Waals surface area contributed by atoms with Crippen molar-refractivity contribution >= 4 is 0 Å². The molecule has 0 bridgehead atoms. The van der Waals surface area contributed by atoms with E-state index in [1.807, 2.05) is 20.3 Å². The molecule has 0 aliphatic carbocycles. The van der Waals surface area contributed by atoms with Gasteiger partial charge in [0.15, 0.2) is 0 Å². The Kier molecular flexibility index (Phi) is 1.52. The van der Waals surface area contributed by atoms with Gasteiger partial charge in [0, 0.05) is 7.05 Å². The molecule has 0 amide bonds. The van der Waals surface area contributed by atoms with E-state index in [4.69, 9.17) is 5.26 Å². The van der Waals surface area contributed by atoms with E-state index in [1.54, 1.807) is 0 Å². The van der Waals surface area contributed by atoms with Crippen LogP contribution in [0.5, 0.6) is 0 Å². The summed E-state index contributed by atoms with van der Waals surface area (Å²) >= 11 is 0. The van der Waals surface area contributed by atoms with Crippen LogP contribution in [-0.2, 0) is 0 Å². The first kappa shape index (κ1) is 6.27. The molecule has 1 atom stereocenters. The van der Waals surface area contributed by atoms with Crippen LogP contribution < -0.4 is 5.01 Å². The predicted octanol–water partition coefficient (Wildman–Crippen LogP) is -1.23. The molecule has 0 aromatic rings. The molecular formula is C6H10N3+. The van der Waals surface area contributed by atoms with Crippen LogP contribution in [0.4, 0.5) is 0 Å². The monoisotopic (exact) mass is 124 g/mol. The Labute approximate surface area is 54.8 Å². The fourth-order valence-corrected chi connectivity index (χ4v) is 0.856. The second-order valence-corrected chi connectivity index (χ2v) is 2.28. The summed E-state index contributed by atoms with van der Waals surface area (Å²) in [5.41, 5.74) is 0.856. The zero-order valence-electron chi connectivity index (χ0n) is 5.68. The number of hydrogen-bond acceptors (Lipinski definition) is 2. The van der Waals surface area contributed by atoms with E-state index in [9.17, 15) is 0 Å². The average Bonchev–Trinajstić information content (AvgIpc) is 2.13. The van der Waals surface area contributed by atoms with Gasteiger partial charge in [0.1, 0.15) is 17.8 Å². The second-order valence-electron chi connectivity index (χ2n) is 2.28. The van der Waals surface area contributed by atoms with Crippen LogP contribution >= 0.6 is 0 Å². The second kappa shape index (κ2) is 2.18. The number of nitriles is 1. The molecule has 0 aromatic heterocycles. The number of rotatable bonds is 0. The van der Waals surface area contributed by atoms with E-state index in [1.165, 1.54) is 5.01 Å². The van der Waals surface area contributed by atoms with Crippen molar-refractivity contribution in [3.05, 3.63) is 11.8 Å². The summed E-state index contributed by atoms with van der Waals surface area (Å²) in [6, 6.07) is 2.12. The highest BCUT2D eigenvalue weighted by Crippen LogP contribution is 1.93. The average molecular weight is 124 g/mol. The molecule has 0 saturated carbocycles. The lowest BCUT2D eigenvalue weighted by Crippen LogP contribution is -3.09. The van der Waals surface area contributed by atoms with Gasteiger partial charge < -0.3 is 0 Å². The Hall–Kier alpha value is -0.850. The van der Waals surface area contributed by atoms with Crippen LogP contribution in [0.1, 0.15) is 0 Å².